The highest BCUT2D eigenvalue weighted by atomic mass is 16.8. The maximum atomic E-state index is 13.3. The number of hydrogen-bond donors (Lipinski definition) is 1. The highest BCUT2D eigenvalue weighted by Crippen LogP contribution is 2.45. The van der Waals surface area contributed by atoms with Crippen molar-refractivity contribution in [3.63, 3.8) is 0 Å². The molecule has 3 heterocycles. The van der Waals surface area contributed by atoms with Crippen molar-refractivity contribution in [1.82, 2.24) is 0 Å². The van der Waals surface area contributed by atoms with E-state index in [1.807, 2.05) is 49.4 Å². The highest BCUT2D eigenvalue weighted by Gasteiger charge is 2.56. The van der Waals surface area contributed by atoms with Gasteiger partial charge in [0.05, 0.1) is 13.0 Å². The topological polar surface area (TPSA) is 187 Å². The molecule has 2 spiro atoms. The lowest BCUT2D eigenvalue weighted by molar-refractivity contribution is -0.291. The zero-order chi connectivity index (χ0) is 42.2. The van der Waals surface area contributed by atoms with Crippen LogP contribution < -0.4 is 0 Å². The van der Waals surface area contributed by atoms with Gasteiger partial charge in [0.25, 0.3) is 23.3 Å². The third-order valence-electron chi connectivity index (χ3n) is 9.78. The van der Waals surface area contributed by atoms with Crippen LogP contribution >= 0.6 is 0 Å². The van der Waals surface area contributed by atoms with Crippen molar-refractivity contribution in [1.29, 1.82) is 0 Å². The quantitative estimate of drug-likeness (QED) is 0.0830. The first kappa shape index (κ1) is 41.7. The molecule has 1 N–H and O–H groups in total. The molecule has 0 aromatic heterocycles. The summed E-state index contributed by atoms with van der Waals surface area (Å²) in [5, 5.41) is 10.6. The van der Waals surface area contributed by atoms with Crippen LogP contribution in [0.4, 0.5) is 0 Å². The van der Waals surface area contributed by atoms with Crippen LogP contribution in [0.15, 0.2) is 132 Å². The average Bonchev–Trinajstić information content (AvgIpc) is 3.20. The molecule has 2 aromatic rings. The Morgan fingerprint density at radius 1 is 0.678 bits per heavy atom. The maximum absolute atomic E-state index is 13.3. The van der Waals surface area contributed by atoms with Gasteiger partial charge in [-0.25, -0.2) is 24.0 Å². The Morgan fingerprint density at radius 2 is 1.14 bits per heavy atom. The molecule has 2 aromatic carbocycles. The zero-order valence-corrected chi connectivity index (χ0v) is 32.6. The first-order chi connectivity index (χ1) is 28.3. The molecule has 4 aliphatic rings. The number of allylic oxidation sites excluding steroid dienone is 9. The standard InChI is InChI=1S/C45H42O14/c1-4-12-29(30-13-8-6-9-14-30)17-20-34-39(49)56-44(57-40(34)50)25-27-45(28-26-44)58-41(51)35(42(52)59-45)22-19-32(31-15-10-7-11-16-31)18-21-33-37(47)54-43(3,55-38(33)48)24-23-36(46)53-5-2/h4,6-22,47H,5,23-28H2,1-3H3/b12-4+,21-18+,29-17-,32-19-,34-20?,35-22?. The Balaban J connectivity index is 1.13. The van der Waals surface area contributed by atoms with Crippen LogP contribution in [-0.2, 0) is 61.9 Å². The number of rotatable bonds is 11. The van der Waals surface area contributed by atoms with Gasteiger partial charge in [-0.15, -0.1) is 0 Å². The summed E-state index contributed by atoms with van der Waals surface area (Å²) in [6.07, 6.45) is 11.3. The van der Waals surface area contributed by atoms with Crippen molar-refractivity contribution < 1.29 is 67.0 Å². The van der Waals surface area contributed by atoms with Crippen molar-refractivity contribution in [3.8, 4) is 0 Å². The average molecular weight is 807 g/mol. The van der Waals surface area contributed by atoms with Gasteiger partial charge in [-0.2, -0.15) is 0 Å². The first-order valence-electron chi connectivity index (χ1n) is 19.0. The Morgan fingerprint density at radius 3 is 1.56 bits per heavy atom. The number of aliphatic hydroxyl groups is 1. The molecule has 14 heteroatoms. The predicted octanol–water partition coefficient (Wildman–Crippen LogP) is 6.71. The number of benzene rings is 2. The summed E-state index contributed by atoms with van der Waals surface area (Å²) in [5.41, 5.74) is 1.60. The van der Waals surface area contributed by atoms with Gasteiger partial charge in [-0.05, 0) is 54.3 Å². The van der Waals surface area contributed by atoms with E-state index in [0.717, 1.165) is 11.1 Å². The van der Waals surface area contributed by atoms with Gasteiger partial charge in [0.2, 0.25) is 0 Å². The first-order valence-corrected chi connectivity index (χ1v) is 19.0. The van der Waals surface area contributed by atoms with Gasteiger partial charge in [0.1, 0.15) is 16.7 Å². The van der Waals surface area contributed by atoms with E-state index in [4.69, 9.17) is 33.2 Å². The number of ether oxygens (including phenoxy) is 7. The predicted molar refractivity (Wildman–Crippen MR) is 208 cm³/mol. The molecule has 3 fully saturated rings. The van der Waals surface area contributed by atoms with Gasteiger partial charge >= 0.3 is 35.8 Å². The fourth-order valence-electron chi connectivity index (χ4n) is 6.67. The largest absolute Gasteiger partial charge is 0.480 e. The number of cyclic esters (lactones) is 1. The SMILES string of the molecule is C/C=C/C(=C/C=C1C(=O)OC2(CCC3(CC2)OC(=O)C(=C/C=C(/C=C/C2=C(O)OC(C)(CCC(=O)OCC)OC2=O)c2ccccc2)C(=O)O3)OC1=O)c1ccccc1. The molecule has 14 nitrogen and oxygen atoms in total. The van der Waals surface area contributed by atoms with Crippen LogP contribution in [0.5, 0.6) is 0 Å². The second-order valence-corrected chi connectivity index (χ2v) is 14.0. The number of hydrogen-bond acceptors (Lipinski definition) is 14. The maximum Gasteiger partial charge on any atom is 0.348 e. The summed E-state index contributed by atoms with van der Waals surface area (Å²) >= 11 is 0. The second-order valence-electron chi connectivity index (χ2n) is 14.0. The van der Waals surface area contributed by atoms with E-state index in [-0.39, 0.29) is 56.3 Å². The molecule has 306 valence electrons. The molecule has 1 saturated carbocycles. The van der Waals surface area contributed by atoms with Gasteiger partial charge in [0.15, 0.2) is 0 Å². The summed E-state index contributed by atoms with van der Waals surface area (Å²) in [7, 11) is 0. The normalized spacial score (nSPS) is 25.0. The minimum absolute atomic E-state index is 0.0683. The minimum atomic E-state index is -1.69. The van der Waals surface area contributed by atoms with Crippen LogP contribution in [0.1, 0.15) is 70.4 Å². The van der Waals surface area contributed by atoms with E-state index >= 15 is 0 Å². The van der Waals surface area contributed by atoms with E-state index in [2.05, 4.69) is 0 Å². The van der Waals surface area contributed by atoms with Crippen molar-refractivity contribution in [2.45, 2.75) is 76.7 Å². The summed E-state index contributed by atoms with van der Waals surface area (Å²) in [5.74, 6) is -10.8. The summed E-state index contributed by atoms with van der Waals surface area (Å²) < 4.78 is 38.4. The second kappa shape index (κ2) is 17.7. The Bertz CT molecular complexity index is 2190. The van der Waals surface area contributed by atoms with Crippen LogP contribution in [-0.4, -0.2) is 64.9 Å². The zero-order valence-electron chi connectivity index (χ0n) is 32.6. The fraction of sp³-hybridized carbons (Fsp3) is 0.289. The number of esters is 6. The lowest BCUT2D eigenvalue weighted by Gasteiger charge is -2.46. The van der Waals surface area contributed by atoms with E-state index < -0.39 is 64.7 Å². The Hall–Kier alpha value is -6.96. The van der Waals surface area contributed by atoms with E-state index in [1.165, 1.54) is 37.3 Å². The van der Waals surface area contributed by atoms with Crippen molar-refractivity contribution in [3.05, 3.63) is 143 Å². The number of carbonyl (C=O) groups excluding carboxylic acids is 6. The van der Waals surface area contributed by atoms with Crippen LogP contribution in [0, 0.1) is 0 Å². The molecule has 6 rings (SSSR count). The van der Waals surface area contributed by atoms with Crippen LogP contribution in [0.25, 0.3) is 11.1 Å². The van der Waals surface area contributed by atoms with Crippen molar-refractivity contribution >= 4 is 47.0 Å². The minimum Gasteiger partial charge on any atom is -0.480 e. The third-order valence-corrected chi connectivity index (χ3v) is 9.78. The van der Waals surface area contributed by atoms with Crippen LogP contribution in [0.3, 0.4) is 0 Å². The molecule has 59 heavy (non-hydrogen) atoms. The summed E-state index contributed by atoms with van der Waals surface area (Å²) in [6.45, 7) is 5.09. The van der Waals surface area contributed by atoms with Gasteiger partial charge in [-0.1, -0.05) is 91.0 Å². The molecule has 1 unspecified atom stereocenters. The van der Waals surface area contributed by atoms with E-state index in [1.54, 1.807) is 43.3 Å². The number of aliphatic hydroxyl groups excluding tert-OH is 1. The molecule has 3 aliphatic heterocycles. The van der Waals surface area contributed by atoms with Crippen molar-refractivity contribution in [2.24, 2.45) is 0 Å². The van der Waals surface area contributed by atoms with Gasteiger partial charge in [-0.3, -0.25) is 4.79 Å². The Kier molecular flexibility index (Phi) is 12.5. The highest BCUT2D eigenvalue weighted by molar-refractivity contribution is 6.16. The van der Waals surface area contributed by atoms with E-state index in [9.17, 15) is 33.9 Å². The fourth-order valence-corrected chi connectivity index (χ4v) is 6.67. The van der Waals surface area contributed by atoms with Crippen LogP contribution in [0.2, 0.25) is 0 Å². The van der Waals surface area contributed by atoms with Gasteiger partial charge < -0.3 is 38.3 Å². The molecule has 0 radical (unpaired) electrons. The third kappa shape index (κ3) is 9.78. The molecule has 0 bridgehead atoms. The summed E-state index contributed by atoms with van der Waals surface area (Å²) in [4.78, 5) is 77.6. The van der Waals surface area contributed by atoms with Crippen molar-refractivity contribution in [2.75, 3.05) is 6.61 Å². The molecule has 1 aliphatic carbocycles. The lowest BCUT2D eigenvalue weighted by atomic mass is 9.87. The monoisotopic (exact) mass is 806 g/mol. The Labute approximate surface area is 339 Å². The molecular formula is C45H42O14. The molecule has 0 amide bonds. The molecule has 2 saturated heterocycles. The molecular weight excluding hydrogens is 764 g/mol. The van der Waals surface area contributed by atoms with E-state index in [0.29, 0.717) is 11.1 Å². The lowest BCUT2D eigenvalue weighted by Crippen LogP contribution is -2.56. The summed E-state index contributed by atoms with van der Waals surface area (Å²) in [6, 6.07) is 18.2. The van der Waals surface area contributed by atoms with Gasteiger partial charge in [0, 0.05) is 39.0 Å². The smallest absolute Gasteiger partial charge is 0.348 e. The molecule has 1 atom stereocenters. The number of carbonyl (C=O) groups is 6.